The Balaban J connectivity index is 0.000000226. The van der Waals surface area contributed by atoms with Gasteiger partial charge in [-0.05, 0) is 61.0 Å². The largest absolute Gasteiger partial charge is 0.379 e. The van der Waals surface area contributed by atoms with E-state index in [9.17, 15) is 14.0 Å². The zero-order valence-corrected chi connectivity index (χ0v) is 20.4. The van der Waals surface area contributed by atoms with Crippen molar-refractivity contribution in [3.63, 3.8) is 0 Å². The van der Waals surface area contributed by atoms with Gasteiger partial charge in [0.2, 0.25) is 6.41 Å². The highest BCUT2D eigenvalue weighted by Crippen LogP contribution is 2.28. The van der Waals surface area contributed by atoms with E-state index in [0.717, 1.165) is 47.9 Å². The molecule has 0 bridgehead atoms. The number of rotatable bonds is 3. The average molecular weight is 476 g/mol. The lowest BCUT2D eigenvalue weighted by atomic mass is 9.45. The minimum absolute atomic E-state index is 0.0319. The van der Waals surface area contributed by atoms with Crippen LogP contribution in [0.25, 0.3) is 11.1 Å². The zero-order chi connectivity index (χ0) is 25.8. The van der Waals surface area contributed by atoms with Gasteiger partial charge in [-0.2, -0.15) is 5.26 Å². The van der Waals surface area contributed by atoms with E-state index in [1.807, 2.05) is 31.2 Å². The number of carbonyl (C=O) groups is 2. The number of aryl methyl sites for hydroxylation is 1. The lowest BCUT2D eigenvalue weighted by Crippen LogP contribution is -2.17. The van der Waals surface area contributed by atoms with Crippen LogP contribution in [-0.2, 0) is 16.1 Å². The van der Waals surface area contributed by atoms with E-state index in [2.05, 4.69) is 11.3 Å². The third kappa shape index (κ3) is 8.24. The number of amides is 2. The van der Waals surface area contributed by atoms with Gasteiger partial charge in [0.1, 0.15) is 12.4 Å². The Bertz CT molecular complexity index is 1110. The number of hydrogen-bond donors (Lipinski definition) is 1. The molecular weight excluding hydrogens is 446 g/mol. The van der Waals surface area contributed by atoms with Gasteiger partial charge in [-0.1, -0.05) is 30.6 Å². The number of hydrogen-bond acceptors (Lipinski definition) is 5. The van der Waals surface area contributed by atoms with E-state index in [4.69, 9.17) is 15.3 Å². The molecule has 0 unspecified atom stereocenters. The van der Waals surface area contributed by atoms with Crippen molar-refractivity contribution in [2.24, 2.45) is 0 Å². The monoisotopic (exact) mass is 476 g/mol. The molecule has 7 nitrogen and oxygen atoms in total. The molecule has 1 saturated heterocycles. The topological polar surface area (TPSA) is 106 Å². The first-order valence-corrected chi connectivity index (χ1v) is 11.5. The summed E-state index contributed by atoms with van der Waals surface area (Å²) < 4.78 is 19.0. The third-order valence-electron chi connectivity index (χ3n) is 5.76. The smallest absolute Gasteiger partial charge is 0.270 e. The Labute approximate surface area is 206 Å². The SMILES string of the molecule is C[C@@H]1CB(C#N)CCCO1.Cc1ccc(-c2ccc3c(c2)C(=O)N(C)C3)cc1F.N#CCNC=O. The molecule has 2 amide bonds. The quantitative estimate of drug-likeness (QED) is 0.312. The Morgan fingerprint density at radius 2 is 1.97 bits per heavy atom. The molecule has 2 aliphatic rings. The summed E-state index contributed by atoms with van der Waals surface area (Å²) >= 11 is 0. The van der Waals surface area contributed by atoms with Gasteiger partial charge in [0, 0.05) is 37.8 Å². The van der Waals surface area contributed by atoms with Crippen molar-refractivity contribution in [3.05, 3.63) is 58.9 Å². The van der Waals surface area contributed by atoms with Crippen molar-refractivity contribution >= 4 is 19.0 Å². The average Bonchev–Trinajstić information content (AvgIpc) is 3.00. The molecule has 0 aromatic heterocycles. The summed E-state index contributed by atoms with van der Waals surface area (Å²) in [6, 6.07) is 12.6. The second-order valence-corrected chi connectivity index (χ2v) is 8.54. The summed E-state index contributed by atoms with van der Waals surface area (Å²) in [4.78, 5) is 22.9. The van der Waals surface area contributed by atoms with E-state index in [1.54, 1.807) is 31.0 Å². The molecule has 182 valence electrons. The first kappa shape index (κ1) is 27.6. The molecule has 2 aromatic carbocycles. The molecule has 2 heterocycles. The number of nitrogens with zero attached hydrogens (tertiary/aromatic N) is 3. The Kier molecular flexibility index (Phi) is 10.9. The van der Waals surface area contributed by atoms with Crippen LogP contribution in [-0.4, -0.2) is 50.2 Å². The van der Waals surface area contributed by atoms with Crippen LogP contribution in [0.5, 0.6) is 0 Å². The Hall–Kier alpha value is -3.69. The van der Waals surface area contributed by atoms with E-state index in [-0.39, 0.29) is 31.1 Å². The molecule has 1 atom stereocenters. The molecule has 4 rings (SSSR count). The number of nitrogens with one attached hydrogen (secondary N) is 1. The van der Waals surface area contributed by atoms with Gasteiger partial charge < -0.3 is 15.0 Å². The normalized spacial score (nSPS) is 16.3. The fourth-order valence-electron chi connectivity index (χ4n) is 3.80. The summed E-state index contributed by atoms with van der Waals surface area (Å²) in [5.41, 5.74) is 4.06. The van der Waals surface area contributed by atoms with Gasteiger partial charge >= 0.3 is 0 Å². The van der Waals surface area contributed by atoms with Crippen LogP contribution in [0.2, 0.25) is 12.6 Å². The molecule has 35 heavy (non-hydrogen) atoms. The van der Waals surface area contributed by atoms with Crippen LogP contribution >= 0.6 is 0 Å². The fraction of sp³-hybridized carbons (Fsp3) is 0.385. The van der Waals surface area contributed by atoms with Gasteiger partial charge in [0.15, 0.2) is 0 Å². The van der Waals surface area contributed by atoms with Gasteiger partial charge in [-0.25, -0.2) is 9.65 Å². The molecule has 1 N–H and O–H groups in total. The molecule has 1 fully saturated rings. The highest BCUT2D eigenvalue weighted by molar-refractivity contribution is 6.67. The minimum atomic E-state index is -0.221. The summed E-state index contributed by atoms with van der Waals surface area (Å²) in [5, 5.41) is 18.5. The fourth-order valence-corrected chi connectivity index (χ4v) is 3.80. The van der Waals surface area contributed by atoms with Crippen LogP contribution < -0.4 is 5.32 Å². The van der Waals surface area contributed by atoms with E-state index >= 15 is 0 Å². The molecular formula is C26H30BFN4O3. The second kappa shape index (κ2) is 13.9. The number of ether oxygens (including phenoxy) is 1. The maximum Gasteiger partial charge on any atom is 0.270 e. The van der Waals surface area contributed by atoms with Crippen molar-refractivity contribution in [2.45, 2.75) is 45.6 Å². The zero-order valence-electron chi connectivity index (χ0n) is 20.4. The first-order valence-electron chi connectivity index (χ1n) is 11.5. The lowest BCUT2D eigenvalue weighted by Gasteiger charge is -2.07. The Morgan fingerprint density at radius 3 is 2.60 bits per heavy atom. The van der Waals surface area contributed by atoms with Crippen LogP contribution in [0.1, 0.15) is 34.8 Å². The number of benzene rings is 2. The summed E-state index contributed by atoms with van der Waals surface area (Å²) in [7, 11) is 1.79. The lowest BCUT2D eigenvalue weighted by molar-refractivity contribution is -0.109. The van der Waals surface area contributed by atoms with Gasteiger partial charge in [-0.15, -0.1) is 0 Å². The van der Waals surface area contributed by atoms with Crippen LogP contribution in [0, 0.1) is 35.3 Å². The number of halogens is 1. The molecule has 0 aliphatic carbocycles. The molecule has 0 spiro atoms. The highest BCUT2D eigenvalue weighted by Gasteiger charge is 2.24. The number of fused-ring (bicyclic) bond motifs is 1. The predicted octanol–water partition coefficient (Wildman–Crippen LogP) is 4.00. The second-order valence-electron chi connectivity index (χ2n) is 8.54. The standard InChI is InChI=1S/C16H14FNO.C7H12BNO.C3H4N2O/c1-10-3-4-12(8-15(10)17)11-5-6-13-9-18(2)16(19)14(13)7-11;1-7-5-8(6-9)3-2-4-10-7;4-1-2-5-3-6/h3-8H,9H2,1-2H3;7H,2-5H2,1H3;3H,2H2,(H,5,6)/t;7-;/m.1./s1. The number of nitriles is 2. The van der Waals surface area contributed by atoms with Gasteiger partial charge in [-0.3, -0.25) is 9.59 Å². The third-order valence-corrected chi connectivity index (χ3v) is 5.76. The van der Waals surface area contributed by atoms with E-state index < -0.39 is 0 Å². The highest BCUT2D eigenvalue weighted by atomic mass is 19.1. The van der Waals surface area contributed by atoms with Crippen LogP contribution in [0.15, 0.2) is 36.4 Å². The summed E-state index contributed by atoms with van der Waals surface area (Å²) in [6.07, 6.45) is 3.75. The van der Waals surface area contributed by atoms with Gasteiger partial charge in [0.25, 0.3) is 12.6 Å². The van der Waals surface area contributed by atoms with Crippen molar-refractivity contribution in [3.8, 4) is 23.2 Å². The van der Waals surface area contributed by atoms with Crippen molar-refractivity contribution in [1.29, 1.82) is 10.5 Å². The maximum atomic E-state index is 13.6. The molecule has 2 aliphatic heterocycles. The van der Waals surface area contributed by atoms with Crippen molar-refractivity contribution in [1.82, 2.24) is 10.2 Å². The van der Waals surface area contributed by atoms with Crippen molar-refractivity contribution in [2.75, 3.05) is 20.2 Å². The van der Waals surface area contributed by atoms with E-state index in [1.165, 1.54) is 6.07 Å². The maximum absolute atomic E-state index is 13.6. The summed E-state index contributed by atoms with van der Waals surface area (Å²) in [6.45, 7) is 5.59. The van der Waals surface area contributed by atoms with E-state index in [0.29, 0.717) is 18.5 Å². The van der Waals surface area contributed by atoms with Crippen LogP contribution in [0.4, 0.5) is 4.39 Å². The number of carbonyl (C=O) groups excluding carboxylic acids is 2. The predicted molar refractivity (Wildman–Crippen MR) is 133 cm³/mol. The molecule has 9 heteroatoms. The first-order chi connectivity index (χ1) is 16.8. The Morgan fingerprint density at radius 1 is 1.26 bits per heavy atom. The minimum Gasteiger partial charge on any atom is -0.379 e. The molecule has 0 radical (unpaired) electrons. The summed E-state index contributed by atoms with van der Waals surface area (Å²) in [5.74, 6) is 2.11. The van der Waals surface area contributed by atoms with Crippen LogP contribution in [0.3, 0.4) is 0 Å². The van der Waals surface area contributed by atoms with Crippen molar-refractivity contribution < 1.29 is 18.7 Å². The molecule has 2 aromatic rings. The molecule has 0 saturated carbocycles. The van der Waals surface area contributed by atoms with Gasteiger partial charge in [0.05, 0.1) is 6.07 Å².